The molecule has 1 atom stereocenters. The number of esters is 1. The molecule has 0 aromatic heterocycles. The first kappa shape index (κ1) is 13.7. The van der Waals surface area contributed by atoms with E-state index in [1.54, 1.807) is 6.07 Å². The summed E-state index contributed by atoms with van der Waals surface area (Å²) in [4.78, 5) is 11.2. The van der Waals surface area contributed by atoms with E-state index in [2.05, 4.69) is 13.0 Å². The Morgan fingerprint density at radius 2 is 2.21 bits per heavy atom. The molecule has 1 radical (unpaired) electrons. The van der Waals surface area contributed by atoms with Crippen molar-refractivity contribution in [3.05, 3.63) is 23.8 Å². The van der Waals surface area contributed by atoms with Crippen LogP contribution in [0, 0.1) is 6.07 Å². The second kappa shape index (κ2) is 6.45. The highest BCUT2D eigenvalue weighted by Gasteiger charge is 2.20. The lowest BCUT2D eigenvalue weighted by Crippen LogP contribution is -2.08. The summed E-state index contributed by atoms with van der Waals surface area (Å²) in [5.74, 6) is 1.12. The molecule has 0 aliphatic carbocycles. The zero-order valence-corrected chi connectivity index (χ0v) is 11.4. The van der Waals surface area contributed by atoms with Crippen molar-refractivity contribution in [2.24, 2.45) is 0 Å². The van der Waals surface area contributed by atoms with Gasteiger partial charge in [-0.15, -0.1) is 0 Å². The SMILES string of the molecule is CCCCCC(OC(C)=O)c1[c]cc2c(c1)OCO2. The number of carbonyl (C=O) groups is 1. The molecule has 0 spiro atoms. The maximum absolute atomic E-state index is 11.2. The number of ether oxygens (including phenoxy) is 3. The molecule has 0 amide bonds. The summed E-state index contributed by atoms with van der Waals surface area (Å²) >= 11 is 0. The summed E-state index contributed by atoms with van der Waals surface area (Å²) in [6.07, 6.45) is 3.85. The van der Waals surface area contributed by atoms with Crippen molar-refractivity contribution in [2.75, 3.05) is 6.79 Å². The normalized spacial score (nSPS) is 14.2. The van der Waals surface area contributed by atoms with Crippen LogP contribution in [0.2, 0.25) is 0 Å². The number of hydrogen-bond donors (Lipinski definition) is 0. The fraction of sp³-hybridized carbons (Fsp3) is 0.533. The van der Waals surface area contributed by atoms with Crippen molar-refractivity contribution in [3.8, 4) is 11.5 Å². The van der Waals surface area contributed by atoms with Gasteiger partial charge in [-0.05, 0) is 31.0 Å². The van der Waals surface area contributed by atoms with E-state index in [4.69, 9.17) is 14.2 Å². The van der Waals surface area contributed by atoms with Gasteiger partial charge in [0, 0.05) is 12.5 Å². The van der Waals surface area contributed by atoms with Crippen molar-refractivity contribution in [3.63, 3.8) is 0 Å². The molecule has 1 aliphatic heterocycles. The minimum absolute atomic E-state index is 0.237. The van der Waals surface area contributed by atoms with Crippen LogP contribution in [-0.2, 0) is 9.53 Å². The predicted molar refractivity (Wildman–Crippen MR) is 70.1 cm³/mol. The van der Waals surface area contributed by atoms with Gasteiger partial charge in [0.05, 0.1) is 0 Å². The van der Waals surface area contributed by atoms with Crippen molar-refractivity contribution in [1.29, 1.82) is 0 Å². The van der Waals surface area contributed by atoms with Crippen LogP contribution in [0.15, 0.2) is 12.1 Å². The molecule has 1 aromatic carbocycles. The van der Waals surface area contributed by atoms with Gasteiger partial charge in [0.15, 0.2) is 11.5 Å². The predicted octanol–water partition coefficient (Wildman–Crippen LogP) is 3.40. The minimum Gasteiger partial charge on any atom is -0.458 e. The molecule has 0 saturated carbocycles. The zero-order chi connectivity index (χ0) is 13.7. The van der Waals surface area contributed by atoms with E-state index in [-0.39, 0.29) is 18.9 Å². The van der Waals surface area contributed by atoms with Gasteiger partial charge in [-0.25, -0.2) is 0 Å². The van der Waals surface area contributed by atoms with Gasteiger partial charge in [0.1, 0.15) is 6.10 Å². The third-order valence-electron chi connectivity index (χ3n) is 3.05. The van der Waals surface area contributed by atoms with Crippen molar-refractivity contribution in [2.45, 2.75) is 45.6 Å². The molecule has 103 valence electrons. The van der Waals surface area contributed by atoms with E-state index in [0.29, 0.717) is 11.5 Å². The van der Waals surface area contributed by atoms with Crippen LogP contribution in [0.5, 0.6) is 11.5 Å². The van der Waals surface area contributed by atoms with Crippen LogP contribution in [0.25, 0.3) is 0 Å². The molecule has 4 nitrogen and oxygen atoms in total. The number of unbranched alkanes of at least 4 members (excludes halogenated alkanes) is 2. The summed E-state index contributed by atoms with van der Waals surface area (Å²) in [5.41, 5.74) is 0.843. The van der Waals surface area contributed by atoms with Crippen LogP contribution in [-0.4, -0.2) is 12.8 Å². The Kier molecular flexibility index (Phi) is 4.66. The minimum atomic E-state index is -0.271. The molecule has 4 heteroatoms. The van der Waals surface area contributed by atoms with Crippen LogP contribution in [0.3, 0.4) is 0 Å². The van der Waals surface area contributed by atoms with E-state index in [0.717, 1.165) is 31.2 Å². The van der Waals surface area contributed by atoms with Gasteiger partial charge in [-0.1, -0.05) is 19.8 Å². The third-order valence-corrected chi connectivity index (χ3v) is 3.05. The third kappa shape index (κ3) is 3.63. The summed E-state index contributed by atoms with van der Waals surface area (Å²) < 4.78 is 16.0. The van der Waals surface area contributed by atoms with Gasteiger partial charge in [-0.3, -0.25) is 4.79 Å². The van der Waals surface area contributed by atoms with Gasteiger partial charge < -0.3 is 14.2 Å². The van der Waals surface area contributed by atoms with Gasteiger partial charge >= 0.3 is 5.97 Å². The lowest BCUT2D eigenvalue weighted by molar-refractivity contribution is -0.147. The van der Waals surface area contributed by atoms with Gasteiger partial charge in [0.25, 0.3) is 0 Å². The second-order valence-corrected chi connectivity index (χ2v) is 4.62. The van der Waals surface area contributed by atoms with Crippen LogP contribution < -0.4 is 9.47 Å². The second-order valence-electron chi connectivity index (χ2n) is 4.62. The van der Waals surface area contributed by atoms with E-state index < -0.39 is 0 Å². The average molecular weight is 263 g/mol. The van der Waals surface area contributed by atoms with Crippen LogP contribution in [0.4, 0.5) is 0 Å². The Balaban J connectivity index is 2.10. The van der Waals surface area contributed by atoms with E-state index in [9.17, 15) is 4.79 Å². The molecule has 1 heterocycles. The summed E-state index contributed by atoms with van der Waals surface area (Å²) in [6.45, 7) is 3.81. The highest BCUT2D eigenvalue weighted by molar-refractivity contribution is 5.66. The Labute approximate surface area is 113 Å². The summed E-state index contributed by atoms with van der Waals surface area (Å²) in [7, 11) is 0. The molecule has 19 heavy (non-hydrogen) atoms. The molecule has 0 N–H and O–H groups in total. The quantitative estimate of drug-likeness (QED) is 0.583. The van der Waals surface area contributed by atoms with E-state index in [1.807, 2.05) is 6.07 Å². The average Bonchev–Trinajstić information content (AvgIpc) is 2.84. The molecule has 2 rings (SSSR count). The maximum Gasteiger partial charge on any atom is 0.303 e. The van der Waals surface area contributed by atoms with Crippen molar-refractivity contribution < 1.29 is 19.0 Å². The standard InChI is InChI=1S/C15H19O4/c1-3-4-5-6-13(19-11(2)16)12-7-8-14-15(9-12)18-10-17-14/h8-9,13H,3-6,10H2,1-2H3. The number of carbonyl (C=O) groups excluding carboxylic acids is 1. The highest BCUT2D eigenvalue weighted by Crippen LogP contribution is 2.35. The van der Waals surface area contributed by atoms with E-state index in [1.165, 1.54) is 6.92 Å². The number of benzene rings is 1. The molecule has 1 unspecified atom stereocenters. The molecule has 0 saturated heterocycles. The van der Waals surface area contributed by atoms with E-state index >= 15 is 0 Å². The van der Waals surface area contributed by atoms with Crippen molar-refractivity contribution in [1.82, 2.24) is 0 Å². The zero-order valence-electron chi connectivity index (χ0n) is 11.4. The molecular formula is C15H19O4. The molecule has 1 aromatic rings. The largest absolute Gasteiger partial charge is 0.458 e. The number of fused-ring (bicyclic) bond motifs is 1. The Morgan fingerprint density at radius 3 is 2.95 bits per heavy atom. The first-order valence-corrected chi connectivity index (χ1v) is 6.69. The first-order valence-electron chi connectivity index (χ1n) is 6.69. The highest BCUT2D eigenvalue weighted by atomic mass is 16.7. The lowest BCUT2D eigenvalue weighted by atomic mass is 10.0. The maximum atomic E-state index is 11.2. The number of hydrogen-bond acceptors (Lipinski definition) is 4. The fourth-order valence-corrected chi connectivity index (χ4v) is 2.10. The monoisotopic (exact) mass is 263 g/mol. The van der Waals surface area contributed by atoms with Gasteiger partial charge in [0.2, 0.25) is 6.79 Å². The summed E-state index contributed by atoms with van der Waals surface area (Å²) in [5, 5.41) is 0. The Morgan fingerprint density at radius 1 is 1.42 bits per heavy atom. The van der Waals surface area contributed by atoms with Crippen LogP contribution in [0.1, 0.15) is 51.2 Å². The fourth-order valence-electron chi connectivity index (χ4n) is 2.10. The van der Waals surface area contributed by atoms with Crippen molar-refractivity contribution >= 4 is 5.97 Å². The Bertz CT molecular complexity index is 442. The topological polar surface area (TPSA) is 44.8 Å². The number of rotatable bonds is 6. The first-order chi connectivity index (χ1) is 9.20. The molecular weight excluding hydrogens is 244 g/mol. The van der Waals surface area contributed by atoms with Gasteiger partial charge in [-0.2, -0.15) is 0 Å². The molecule has 1 aliphatic rings. The molecule has 0 fully saturated rings. The smallest absolute Gasteiger partial charge is 0.303 e. The van der Waals surface area contributed by atoms with Crippen LogP contribution >= 0.6 is 0 Å². The Hall–Kier alpha value is -1.71. The molecule has 0 bridgehead atoms. The lowest BCUT2D eigenvalue weighted by Gasteiger charge is -2.17. The summed E-state index contributed by atoms with van der Waals surface area (Å²) in [6, 6.07) is 6.71.